The zero-order chi connectivity index (χ0) is 23.1. The predicted octanol–water partition coefficient (Wildman–Crippen LogP) is 2.90. The molecule has 1 N–H and O–H groups in total. The molecule has 1 aliphatic heterocycles. The van der Waals surface area contributed by atoms with Gasteiger partial charge >= 0.3 is 12.3 Å². The van der Waals surface area contributed by atoms with Gasteiger partial charge in [-0.15, -0.1) is 13.2 Å². The summed E-state index contributed by atoms with van der Waals surface area (Å²) in [5, 5.41) is 9.31. The van der Waals surface area contributed by atoms with Crippen molar-refractivity contribution in [3.8, 4) is 5.75 Å². The first kappa shape index (κ1) is 22.4. The average Bonchev–Trinajstić information content (AvgIpc) is 3.18. The number of hydrogen-bond acceptors (Lipinski definition) is 5. The molecule has 0 saturated carbocycles. The number of alkyl halides is 3. The molecule has 0 spiro atoms. The topological polar surface area (TPSA) is 87.1 Å². The van der Waals surface area contributed by atoms with Crippen LogP contribution in [-0.2, 0) is 27.7 Å². The van der Waals surface area contributed by atoms with E-state index in [-0.39, 0.29) is 30.2 Å². The standard InChI is InChI=1S/C21H21F3N2O5S/c22-21(23,24)31-17-6-4-16(5-7-17)25-8-10-26(11-9-25)32(29,30)19-3-1-2-14-12-15(20(27)28)13-18(14)19/h1-7,15H,8-13H2,(H,27,28). The van der Waals surface area contributed by atoms with Crippen LogP contribution in [0.4, 0.5) is 18.9 Å². The molecule has 7 nitrogen and oxygen atoms in total. The van der Waals surface area contributed by atoms with Crippen LogP contribution in [0.25, 0.3) is 0 Å². The number of hydrogen-bond donors (Lipinski definition) is 1. The molecule has 0 aromatic heterocycles. The van der Waals surface area contributed by atoms with Gasteiger partial charge in [-0.2, -0.15) is 4.31 Å². The fraction of sp³-hybridized carbons (Fsp3) is 0.381. The smallest absolute Gasteiger partial charge is 0.481 e. The number of carboxylic acid groups (broad SMARTS) is 1. The summed E-state index contributed by atoms with van der Waals surface area (Å²) >= 11 is 0. The van der Waals surface area contributed by atoms with Crippen LogP contribution in [-0.4, -0.2) is 56.3 Å². The van der Waals surface area contributed by atoms with Gasteiger partial charge < -0.3 is 14.7 Å². The van der Waals surface area contributed by atoms with Gasteiger partial charge in [-0.3, -0.25) is 4.79 Å². The molecular weight excluding hydrogens is 449 g/mol. The van der Waals surface area contributed by atoms with Crippen molar-refractivity contribution < 1.29 is 36.2 Å². The van der Waals surface area contributed by atoms with Gasteiger partial charge in [0, 0.05) is 31.9 Å². The number of piperazine rings is 1. The summed E-state index contributed by atoms with van der Waals surface area (Å²) in [4.78, 5) is 13.4. The van der Waals surface area contributed by atoms with Gasteiger partial charge in [0.1, 0.15) is 5.75 Å². The Morgan fingerprint density at radius 3 is 2.25 bits per heavy atom. The van der Waals surface area contributed by atoms with Gasteiger partial charge in [-0.1, -0.05) is 12.1 Å². The van der Waals surface area contributed by atoms with E-state index in [0.29, 0.717) is 30.8 Å². The second kappa shape index (κ2) is 8.28. The number of sulfonamides is 1. The molecule has 2 aliphatic rings. The van der Waals surface area contributed by atoms with Crippen LogP contribution < -0.4 is 9.64 Å². The lowest BCUT2D eigenvalue weighted by atomic mass is 10.1. The maximum atomic E-state index is 13.3. The van der Waals surface area contributed by atoms with Crippen molar-refractivity contribution in [1.82, 2.24) is 4.31 Å². The third-order valence-corrected chi connectivity index (χ3v) is 7.77. The number of carboxylic acids is 1. The lowest BCUT2D eigenvalue weighted by Gasteiger charge is -2.35. The monoisotopic (exact) mass is 470 g/mol. The molecule has 2 aromatic rings. The number of rotatable bonds is 5. The molecule has 1 heterocycles. The summed E-state index contributed by atoms with van der Waals surface area (Å²) in [6.07, 6.45) is -4.26. The molecule has 0 radical (unpaired) electrons. The SMILES string of the molecule is O=C(O)C1Cc2cccc(S(=O)(=O)N3CCN(c4ccc(OC(F)(F)F)cc4)CC3)c2C1. The van der Waals surface area contributed by atoms with Crippen LogP contribution in [0.2, 0.25) is 0 Å². The molecule has 0 amide bonds. The predicted molar refractivity (Wildman–Crippen MR) is 109 cm³/mol. The van der Waals surface area contributed by atoms with E-state index in [2.05, 4.69) is 4.74 Å². The summed E-state index contributed by atoms with van der Waals surface area (Å²) in [5.74, 6) is -1.88. The lowest BCUT2D eigenvalue weighted by Crippen LogP contribution is -2.48. The van der Waals surface area contributed by atoms with E-state index in [1.54, 1.807) is 12.1 Å². The maximum Gasteiger partial charge on any atom is 0.573 e. The number of fused-ring (bicyclic) bond motifs is 1. The molecule has 1 aliphatic carbocycles. The molecule has 0 bridgehead atoms. The first-order valence-electron chi connectivity index (χ1n) is 9.99. The highest BCUT2D eigenvalue weighted by Gasteiger charge is 2.36. The molecule has 2 aromatic carbocycles. The van der Waals surface area contributed by atoms with Crippen molar-refractivity contribution in [3.05, 3.63) is 53.6 Å². The van der Waals surface area contributed by atoms with Gasteiger partial charge in [0.2, 0.25) is 10.0 Å². The average molecular weight is 470 g/mol. The van der Waals surface area contributed by atoms with Crippen LogP contribution in [0.15, 0.2) is 47.4 Å². The van der Waals surface area contributed by atoms with E-state index in [4.69, 9.17) is 0 Å². The van der Waals surface area contributed by atoms with E-state index in [0.717, 1.165) is 5.56 Å². The van der Waals surface area contributed by atoms with Gasteiger partial charge in [-0.25, -0.2) is 8.42 Å². The zero-order valence-corrected chi connectivity index (χ0v) is 17.7. The molecule has 1 fully saturated rings. The highest BCUT2D eigenvalue weighted by atomic mass is 32.2. The Labute approximate surface area is 183 Å². The number of halogens is 3. The number of anilines is 1. The normalized spacial score (nSPS) is 19.6. The summed E-state index contributed by atoms with van der Waals surface area (Å²) in [7, 11) is -3.80. The van der Waals surface area contributed by atoms with E-state index in [1.165, 1.54) is 34.6 Å². The molecule has 11 heteroatoms. The molecule has 1 saturated heterocycles. The highest BCUT2D eigenvalue weighted by Crippen LogP contribution is 2.34. The Balaban J connectivity index is 1.45. The summed E-state index contributed by atoms with van der Waals surface area (Å²) in [5.41, 5.74) is 1.99. The molecule has 1 atom stereocenters. The summed E-state index contributed by atoms with van der Waals surface area (Å²) in [6, 6.07) is 10.4. The van der Waals surface area contributed by atoms with Crippen LogP contribution in [0, 0.1) is 5.92 Å². The maximum absolute atomic E-state index is 13.3. The minimum absolute atomic E-state index is 0.154. The zero-order valence-electron chi connectivity index (χ0n) is 16.9. The third-order valence-electron chi connectivity index (χ3n) is 5.79. The number of aliphatic carboxylic acids is 1. The second-order valence-corrected chi connectivity index (χ2v) is 9.68. The van der Waals surface area contributed by atoms with E-state index < -0.39 is 28.3 Å². The largest absolute Gasteiger partial charge is 0.573 e. The Kier molecular flexibility index (Phi) is 5.80. The number of carbonyl (C=O) groups is 1. The van der Waals surface area contributed by atoms with Crippen LogP contribution in [0.1, 0.15) is 11.1 Å². The third kappa shape index (κ3) is 4.53. The van der Waals surface area contributed by atoms with Crippen molar-refractivity contribution in [1.29, 1.82) is 0 Å². The molecule has 172 valence electrons. The van der Waals surface area contributed by atoms with Crippen molar-refractivity contribution in [2.75, 3.05) is 31.1 Å². The highest BCUT2D eigenvalue weighted by molar-refractivity contribution is 7.89. The van der Waals surface area contributed by atoms with Crippen molar-refractivity contribution >= 4 is 21.7 Å². The fourth-order valence-electron chi connectivity index (χ4n) is 4.22. The first-order chi connectivity index (χ1) is 15.0. The first-order valence-corrected chi connectivity index (χ1v) is 11.4. The lowest BCUT2D eigenvalue weighted by molar-refractivity contribution is -0.274. The Morgan fingerprint density at radius 1 is 1.00 bits per heavy atom. The minimum atomic E-state index is -4.76. The van der Waals surface area contributed by atoms with Crippen LogP contribution in [0.5, 0.6) is 5.75 Å². The summed E-state index contributed by atoms with van der Waals surface area (Å²) in [6.45, 7) is 1.14. The minimum Gasteiger partial charge on any atom is -0.481 e. The van der Waals surface area contributed by atoms with E-state index in [1.807, 2.05) is 4.90 Å². The molecular formula is C21H21F3N2O5S. The van der Waals surface area contributed by atoms with Gasteiger partial charge in [0.05, 0.1) is 10.8 Å². The number of nitrogens with zero attached hydrogens (tertiary/aromatic N) is 2. The fourth-order valence-corrected chi connectivity index (χ4v) is 5.92. The molecule has 4 rings (SSSR count). The quantitative estimate of drug-likeness (QED) is 0.723. The second-order valence-electron chi connectivity index (χ2n) is 7.77. The number of ether oxygens (including phenoxy) is 1. The Hall–Kier alpha value is -2.79. The van der Waals surface area contributed by atoms with Gasteiger partial charge in [-0.05, 0) is 54.3 Å². The van der Waals surface area contributed by atoms with Crippen molar-refractivity contribution in [2.45, 2.75) is 24.1 Å². The van der Waals surface area contributed by atoms with Crippen molar-refractivity contribution in [3.63, 3.8) is 0 Å². The van der Waals surface area contributed by atoms with E-state index >= 15 is 0 Å². The van der Waals surface area contributed by atoms with Gasteiger partial charge in [0.25, 0.3) is 0 Å². The van der Waals surface area contributed by atoms with Crippen LogP contribution >= 0.6 is 0 Å². The Morgan fingerprint density at radius 2 is 1.66 bits per heavy atom. The van der Waals surface area contributed by atoms with E-state index in [9.17, 15) is 31.5 Å². The molecule has 32 heavy (non-hydrogen) atoms. The Bertz CT molecular complexity index is 1110. The van der Waals surface area contributed by atoms with Crippen LogP contribution in [0.3, 0.4) is 0 Å². The number of benzene rings is 2. The molecule has 1 unspecified atom stereocenters. The van der Waals surface area contributed by atoms with Gasteiger partial charge in [0.15, 0.2) is 0 Å². The van der Waals surface area contributed by atoms with Crippen molar-refractivity contribution in [2.24, 2.45) is 5.92 Å². The summed E-state index contributed by atoms with van der Waals surface area (Å²) < 4.78 is 68.7.